The van der Waals surface area contributed by atoms with E-state index in [4.69, 9.17) is 0 Å². The zero-order valence-electron chi connectivity index (χ0n) is 14.6. The molecule has 8 nitrogen and oxygen atoms in total. The Balaban J connectivity index is 1.48. The van der Waals surface area contributed by atoms with E-state index in [0.717, 1.165) is 11.1 Å². The van der Waals surface area contributed by atoms with Crippen molar-refractivity contribution in [1.29, 1.82) is 0 Å². The lowest BCUT2D eigenvalue weighted by Gasteiger charge is -2.05. The summed E-state index contributed by atoms with van der Waals surface area (Å²) in [4.78, 5) is 12.6. The molecule has 2 aromatic carbocycles. The molecule has 0 atom stereocenters. The van der Waals surface area contributed by atoms with Crippen molar-refractivity contribution >= 4 is 11.7 Å². The summed E-state index contributed by atoms with van der Waals surface area (Å²) >= 11 is 0. The van der Waals surface area contributed by atoms with Crippen molar-refractivity contribution in [2.75, 3.05) is 5.32 Å². The van der Waals surface area contributed by atoms with Gasteiger partial charge in [0.2, 0.25) is 0 Å². The minimum atomic E-state index is -0.239. The maximum atomic E-state index is 12.6. The number of benzene rings is 2. The number of hydrogen-bond acceptors (Lipinski definition) is 5. The lowest BCUT2D eigenvalue weighted by atomic mass is 10.1. The van der Waals surface area contributed by atoms with E-state index >= 15 is 0 Å². The quantitative estimate of drug-likeness (QED) is 0.591. The van der Waals surface area contributed by atoms with Crippen LogP contribution in [0.4, 0.5) is 5.82 Å². The van der Waals surface area contributed by atoms with Gasteiger partial charge < -0.3 is 5.32 Å². The minimum absolute atomic E-state index is 0.239. The fourth-order valence-electron chi connectivity index (χ4n) is 2.75. The number of nitrogens with one attached hydrogen (secondary N) is 1. The molecule has 2 heterocycles. The molecule has 0 saturated carbocycles. The van der Waals surface area contributed by atoms with Gasteiger partial charge >= 0.3 is 0 Å². The van der Waals surface area contributed by atoms with E-state index in [1.54, 1.807) is 40.7 Å². The Bertz CT molecular complexity index is 1070. The SMILES string of the molecule is Cn1nnnc1-c1cccc(C(=O)Nc2ccn(Cc3ccccc3)n2)c1. The summed E-state index contributed by atoms with van der Waals surface area (Å²) in [6.07, 6.45) is 1.84. The minimum Gasteiger partial charge on any atom is -0.305 e. The summed E-state index contributed by atoms with van der Waals surface area (Å²) in [7, 11) is 1.75. The second-order valence-corrected chi connectivity index (χ2v) is 6.05. The predicted molar refractivity (Wildman–Crippen MR) is 100.0 cm³/mol. The van der Waals surface area contributed by atoms with E-state index in [-0.39, 0.29) is 5.91 Å². The number of carbonyl (C=O) groups excluding carboxylic acids is 1. The topological polar surface area (TPSA) is 90.5 Å². The standard InChI is InChI=1S/C19H17N7O/c1-25-18(21-23-24-25)15-8-5-9-16(12-15)19(27)20-17-10-11-26(22-17)13-14-6-3-2-4-7-14/h2-12H,13H2,1H3,(H,20,22,27). The van der Waals surface area contributed by atoms with Gasteiger partial charge in [0.05, 0.1) is 6.54 Å². The van der Waals surface area contributed by atoms with Crippen LogP contribution >= 0.6 is 0 Å². The van der Waals surface area contributed by atoms with Gasteiger partial charge in [0, 0.05) is 30.4 Å². The van der Waals surface area contributed by atoms with Gasteiger partial charge in [0.25, 0.3) is 5.91 Å². The van der Waals surface area contributed by atoms with Crippen molar-refractivity contribution in [3.8, 4) is 11.4 Å². The van der Waals surface area contributed by atoms with Crippen LogP contribution in [0.3, 0.4) is 0 Å². The molecule has 0 aliphatic carbocycles. The average Bonchev–Trinajstić information content (AvgIpc) is 3.31. The van der Waals surface area contributed by atoms with Crippen molar-refractivity contribution in [2.24, 2.45) is 7.05 Å². The summed E-state index contributed by atoms with van der Waals surface area (Å²) in [5.41, 5.74) is 2.42. The zero-order chi connectivity index (χ0) is 18.6. The van der Waals surface area contributed by atoms with Gasteiger partial charge in [-0.1, -0.05) is 42.5 Å². The average molecular weight is 359 g/mol. The van der Waals surface area contributed by atoms with E-state index in [9.17, 15) is 4.79 Å². The number of nitrogens with zero attached hydrogens (tertiary/aromatic N) is 6. The second-order valence-electron chi connectivity index (χ2n) is 6.05. The fourth-order valence-corrected chi connectivity index (χ4v) is 2.75. The number of aromatic nitrogens is 6. The molecule has 4 aromatic rings. The zero-order valence-corrected chi connectivity index (χ0v) is 14.6. The van der Waals surface area contributed by atoms with Crippen molar-refractivity contribution in [3.05, 3.63) is 78.0 Å². The maximum absolute atomic E-state index is 12.6. The largest absolute Gasteiger partial charge is 0.305 e. The predicted octanol–water partition coefficient (Wildman–Crippen LogP) is 2.37. The first kappa shape index (κ1) is 16.6. The van der Waals surface area contributed by atoms with Gasteiger partial charge in [-0.05, 0) is 28.1 Å². The summed E-state index contributed by atoms with van der Waals surface area (Å²) in [6.45, 7) is 0.644. The van der Waals surface area contributed by atoms with Gasteiger partial charge in [-0.25, -0.2) is 4.68 Å². The maximum Gasteiger partial charge on any atom is 0.256 e. The molecule has 0 aliphatic heterocycles. The summed E-state index contributed by atoms with van der Waals surface area (Å²) < 4.78 is 3.34. The molecule has 0 aliphatic rings. The number of amides is 1. The van der Waals surface area contributed by atoms with Crippen molar-refractivity contribution < 1.29 is 4.79 Å². The number of rotatable bonds is 5. The Morgan fingerprint density at radius 3 is 2.70 bits per heavy atom. The van der Waals surface area contributed by atoms with Gasteiger partial charge in [0.15, 0.2) is 11.6 Å². The van der Waals surface area contributed by atoms with E-state index < -0.39 is 0 Å². The summed E-state index contributed by atoms with van der Waals surface area (Å²) in [6, 6.07) is 18.9. The Morgan fingerprint density at radius 1 is 1.07 bits per heavy atom. The number of tetrazole rings is 1. The van der Waals surface area contributed by atoms with Crippen LogP contribution < -0.4 is 5.32 Å². The molecule has 0 spiro atoms. The Morgan fingerprint density at radius 2 is 1.93 bits per heavy atom. The molecular formula is C19H17N7O. The second kappa shape index (κ2) is 7.20. The first-order chi connectivity index (χ1) is 13.2. The number of anilines is 1. The lowest BCUT2D eigenvalue weighted by Crippen LogP contribution is -2.13. The van der Waals surface area contributed by atoms with Crippen LogP contribution in [0.25, 0.3) is 11.4 Å². The molecule has 2 aromatic heterocycles. The summed E-state index contributed by atoms with van der Waals surface area (Å²) in [5.74, 6) is 0.857. The van der Waals surface area contributed by atoms with Crippen molar-refractivity contribution in [1.82, 2.24) is 30.0 Å². The summed E-state index contributed by atoms with van der Waals surface area (Å²) in [5, 5.41) is 18.6. The molecule has 27 heavy (non-hydrogen) atoms. The van der Waals surface area contributed by atoms with Crippen LogP contribution in [0.5, 0.6) is 0 Å². The molecule has 0 fully saturated rings. The van der Waals surface area contributed by atoms with E-state index in [0.29, 0.717) is 23.8 Å². The van der Waals surface area contributed by atoms with Crippen LogP contribution in [0.1, 0.15) is 15.9 Å². The highest BCUT2D eigenvalue weighted by Crippen LogP contribution is 2.17. The van der Waals surface area contributed by atoms with Crippen LogP contribution in [0.15, 0.2) is 66.9 Å². The molecule has 4 rings (SSSR count). The first-order valence-corrected chi connectivity index (χ1v) is 8.40. The number of hydrogen-bond donors (Lipinski definition) is 1. The molecule has 0 unspecified atom stereocenters. The molecule has 0 radical (unpaired) electrons. The van der Waals surface area contributed by atoms with Gasteiger partial charge in [-0.3, -0.25) is 9.48 Å². The monoisotopic (exact) mass is 359 g/mol. The molecule has 1 amide bonds. The third-order valence-electron chi connectivity index (χ3n) is 4.07. The van der Waals surface area contributed by atoms with E-state index in [2.05, 4.69) is 25.9 Å². The molecule has 0 saturated heterocycles. The Labute approximate surface area is 155 Å². The highest BCUT2D eigenvalue weighted by Gasteiger charge is 2.12. The third-order valence-corrected chi connectivity index (χ3v) is 4.07. The highest BCUT2D eigenvalue weighted by molar-refractivity contribution is 6.04. The third kappa shape index (κ3) is 3.74. The van der Waals surface area contributed by atoms with E-state index in [1.165, 1.54) is 0 Å². The van der Waals surface area contributed by atoms with Crippen LogP contribution in [0.2, 0.25) is 0 Å². The lowest BCUT2D eigenvalue weighted by molar-refractivity contribution is 0.102. The smallest absolute Gasteiger partial charge is 0.256 e. The Hall–Kier alpha value is -3.81. The van der Waals surface area contributed by atoms with Crippen LogP contribution in [0, 0.1) is 0 Å². The molecular weight excluding hydrogens is 342 g/mol. The molecule has 8 heteroatoms. The van der Waals surface area contributed by atoms with Gasteiger partial charge in [0.1, 0.15) is 0 Å². The molecule has 0 bridgehead atoms. The number of aryl methyl sites for hydroxylation is 1. The highest BCUT2D eigenvalue weighted by atomic mass is 16.1. The van der Waals surface area contributed by atoms with E-state index in [1.807, 2.05) is 42.6 Å². The fraction of sp³-hybridized carbons (Fsp3) is 0.105. The Kier molecular flexibility index (Phi) is 4.44. The first-order valence-electron chi connectivity index (χ1n) is 8.40. The number of carbonyl (C=O) groups is 1. The normalized spacial score (nSPS) is 10.7. The van der Waals surface area contributed by atoms with Gasteiger partial charge in [-0.2, -0.15) is 5.10 Å². The van der Waals surface area contributed by atoms with Crippen molar-refractivity contribution in [2.45, 2.75) is 6.54 Å². The van der Waals surface area contributed by atoms with Gasteiger partial charge in [-0.15, -0.1) is 5.10 Å². The van der Waals surface area contributed by atoms with Crippen molar-refractivity contribution in [3.63, 3.8) is 0 Å². The van der Waals surface area contributed by atoms with Crippen LogP contribution in [-0.4, -0.2) is 35.9 Å². The van der Waals surface area contributed by atoms with Crippen LogP contribution in [-0.2, 0) is 13.6 Å². The molecule has 134 valence electrons. The molecule has 1 N–H and O–H groups in total.